The van der Waals surface area contributed by atoms with E-state index in [0.717, 1.165) is 43.6 Å². The number of nitrogens with zero attached hydrogens (tertiary/aromatic N) is 4. The lowest BCUT2D eigenvalue weighted by Gasteiger charge is -2.35. The second kappa shape index (κ2) is 32.1. The average molecular weight is 1020 g/mol. The third-order valence-electron chi connectivity index (χ3n) is 13.1. The van der Waals surface area contributed by atoms with E-state index in [1.165, 1.54) is 6.08 Å². The van der Waals surface area contributed by atoms with Crippen molar-refractivity contribution >= 4 is 58.7 Å². The summed E-state index contributed by atoms with van der Waals surface area (Å²) in [7, 11) is 1.95. The molecule has 1 aromatic carbocycles. The van der Waals surface area contributed by atoms with Crippen LogP contribution in [0.2, 0.25) is 0 Å². The third-order valence-corrected chi connectivity index (χ3v) is 14.6. The summed E-state index contributed by atoms with van der Waals surface area (Å²) in [5.74, 6) is 0.610. The molecule has 3 aliphatic rings. The summed E-state index contributed by atoms with van der Waals surface area (Å²) in [6.45, 7) is 10.6. The van der Waals surface area contributed by atoms with Gasteiger partial charge in [-0.25, -0.2) is 4.98 Å². The molecule has 72 heavy (non-hydrogen) atoms. The molecule has 0 radical (unpaired) electrons. The van der Waals surface area contributed by atoms with Crippen LogP contribution in [0.25, 0.3) is 0 Å². The van der Waals surface area contributed by atoms with Gasteiger partial charge in [-0.2, -0.15) is 11.8 Å². The smallest absolute Gasteiger partial charge is 0.253 e. The number of carbonyl (C=O) groups is 6. The van der Waals surface area contributed by atoms with E-state index in [-0.39, 0.29) is 60.1 Å². The Labute approximate surface area is 428 Å². The van der Waals surface area contributed by atoms with Crippen LogP contribution in [-0.4, -0.2) is 190 Å². The van der Waals surface area contributed by atoms with Gasteiger partial charge in [-0.15, -0.1) is 0 Å². The van der Waals surface area contributed by atoms with Crippen LogP contribution in [0, 0.1) is 0 Å². The van der Waals surface area contributed by atoms with Gasteiger partial charge >= 0.3 is 0 Å². The number of piperidine rings is 1. The van der Waals surface area contributed by atoms with Crippen LogP contribution in [0.5, 0.6) is 0 Å². The quantitative estimate of drug-likeness (QED) is 0.0455. The number of aromatic nitrogens is 1. The minimum atomic E-state index is -0.617. The summed E-state index contributed by atoms with van der Waals surface area (Å²) in [6, 6.07) is 11.0. The highest BCUT2D eigenvalue weighted by molar-refractivity contribution is 8.00. The first-order chi connectivity index (χ1) is 35.0. The van der Waals surface area contributed by atoms with Crippen molar-refractivity contribution in [2.24, 2.45) is 11.5 Å². The predicted molar refractivity (Wildman–Crippen MR) is 277 cm³/mol. The van der Waals surface area contributed by atoms with E-state index in [1.807, 2.05) is 18.8 Å². The number of ether oxygens (including phenoxy) is 4. The van der Waals surface area contributed by atoms with Crippen LogP contribution >= 0.6 is 11.8 Å². The molecular weight excluding hydrogens is 945 g/mol. The Morgan fingerprint density at radius 1 is 0.722 bits per heavy atom. The molecule has 3 aliphatic heterocycles. The number of pyridine rings is 1. The molecule has 21 heteroatoms. The molecule has 0 spiro atoms. The van der Waals surface area contributed by atoms with Gasteiger partial charge in [0.2, 0.25) is 23.6 Å². The number of unbranched alkanes of at least 4 members (excludes halogenated alkanes) is 2. The number of hydrogen-bond acceptors (Lipinski definition) is 15. The van der Waals surface area contributed by atoms with Gasteiger partial charge in [0.1, 0.15) is 5.82 Å². The normalized spacial score (nSPS) is 18.2. The molecule has 2 aromatic rings. The lowest BCUT2D eigenvalue weighted by Crippen LogP contribution is -2.50. The molecule has 3 atom stereocenters. The largest absolute Gasteiger partial charge is 0.379 e. The average Bonchev–Trinajstić information content (AvgIpc) is 3.76. The van der Waals surface area contributed by atoms with Gasteiger partial charge in [-0.1, -0.05) is 13.0 Å². The number of primary amides is 1. The molecule has 3 fully saturated rings. The number of thioether (sulfide) groups is 1. The number of nitrogens with two attached hydrogens (primary N) is 2. The van der Waals surface area contributed by atoms with Gasteiger partial charge in [-0.3, -0.25) is 28.8 Å². The van der Waals surface area contributed by atoms with Crippen LogP contribution in [0.4, 0.5) is 11.5 Å². The standard InChI is InChI=1S/C51H78N10O10S/c1-3-46(64)59-22-17-37(18-23-59)41-16-15-40(49(53)66)50(58-41)57-39-13-11-38(12-14-39)51(67)61-26-24-60(25-27-61)47(65)10-6-7-20-55-45(63)19-28-68-30-32-70-34-35-71-33-31-69-29-21-56-44(62)9-5-4-8-43-48(52)42(54-2)36-72-43/h3,11-16,37,42-43,48,54H,1,4-10,17-36,52H2,2H3,(H2,53,66)(H,55,63)(H,56,62)(H,57,58). The first-order valence-corrected chi connectivity index (χ1v) is 26.6. The van der Waals surface area contributed by atoms with Gasteiger partial charge in [0.25, 0.3) is 11.8 Å². The SMILES string of the molecule is C=CC(=O)N1CCC(c2ccc(C(N)=O)c(Nc3ccc(C(=O)N4CCN(C(=O)CCCCNC(=O)CCOCCOCCOCCOCCNC(=O)CCCCC5SCC(NC)C5N)CC4)cc3)n2)CC1. The van der Waals surface area contributed by atoms with Gasteiger partial charge in [0.05, 0.1) is 58.4 Å². The maximum absolute atomic E-state index is 13.4. The van der Waals surface area contributed by atoms with Gasteiger partial charge in [0, 0.05) is 118 Å². The number of nitrogens with one attached hydrogen (secondary N) is 4. The third kappa shape index (κ3) is 19.7. The molecule has 8 N–H and O–H groups in total. The van der Waals surface area contributed by atoms with Crippen LogP contribution in [0.15, 0.2) is 49.1 Å². The lowest BCUT2D eigenvalue weighted by molar-refractivity contribution is -0.132. The molecule has 6 amide bonds. The lowest BCUT2D eigenvalue weighted by atomic mass is 9.92. The zero-order chi connectivity index (χ0) is 51.5. The maximum atomic E-state index is 13.4. The molecule has 0 bridgehead atoms. The van der Waals surface area contributed by atoms with Crippen molar-refractivity contribution < 1.29 is 47.7 Å². The minimum absolute atomic E-state index is 0.0282. The van der Waals surface area contributed by atoms with Crippen molar-refractivity contribution in [1.82, 2.24) is 35.6 Å². The fraction of sp³-hybridized carbons (Fsp3) is 0.627. The molecule has 20 nitrogen and oxygen atoms in total. The second-order valence-corrected chi connectivity index (χ2v) is 19.4. The number of carbonyl (C=O) groups excluding carboxylic acids is 6. The van der Waals surface area contributed by atoms with E-state index in [2.05, 4.69) is 27.8 Å². The molecule has 3 saturated heterocycles. The van der Waals surface area contributed by atoms with E-state index in [9.17, 15) is 28.8 Å². The Hall–Kier alpha value is -5.16. The van der Waals surface area contributed by atoms with Crippen LogP contribution in [0.1, 0.15) is 96.5 Å². The number of rotatable bonds is 32. The molecule has 1 aromatic heterocycles. The molecule has 5 rings (SSSR count). The van der Waals surface area contributed by atoms with Gasteiger partial charge in [-0.05, 0) is 88.0 Å². The molecule has 4 heterocycles. The van der Waals surface area contributed by atoms with E-state index < -0.39 is 5.91 Å². The zero-order valence-electron chi connectivity index (χ0n) is 42.1. The first-order valence-electron chi connectivity index (χ1n) is 25.5. The molecule has 0 aliphatic carbocycles. The van der Waals surface area contributed by atoms with Crippen molar-refractivity contribution in [3.63, 3.8) is 0 Å². The molecule has 3 unspecified atom stereocenters. The summed E-state index contributed by atoms with van der Waals surface area (Å²) in [5, 5.41) is 12.7. The highest BCUT2D eigenvalue weighted by Crippen LogP contribution is 2.31. The monoisotopic (exact) mass is 1020 g/mol. The zero-order valence-corrected chi connectivity index (χ0v) is 42.9. The highest BCUT2D eigenvalue weighted by Gasteiger charge is 2.32. The number of benzene rings is 1. The molecule has 398 valence electrons. The van der Waals surface area contributed by atoms with E-state index in [1.54, 1.807) is 51.1 Å². The van der Waals surface area contributed by atoms with Gasteiger partial charge < -0.3 is 66.4 Å². The van der Waals surface area contributed by atoms with Crippen molar-refractivity contribution in [2.75, 3.05) is 123 Å². The Morgan fingerprint density at radius 2 is 1.33 bits per heavy atom. The summed E-state index contributed by atoms with van der Waals surface area (Å²) in [5.41, 5.74) is 14.1. The fourth-order valence-corrected chi connectivity index (χ4v) is 10.3. The van der Waals surface area contributed by atoms with Crippen molar-refractivity contribution in [3.05, 3.63) is 65.9 Å². The summed E-state index contributed by atoms with van der Waals surface area (Å²) >= 11 is 1.92. The number of likely N-dealkylation sites (N-methyl/N-ethyl adjacent to an activating group) is 1. The van der Waals surface area contributed by atoms with Crippen LogP contribution in [-0.2, 0) is 38.1 Å². The van der Waals surface area contributed by atoms with Crippen LogP contribution in [0.3, 0.4) is 0 Å². The topological polar surface area (TPSA) is 262 Å². The summed E-state index contributed by atoms with van der Waals surface area (Å²) in [6.07, 6.45) is 8.11. The van der Waals surface area contributed by atoms with Crippen molar-refractivity contribution in [1.29, 1.82) is 0 Å². The van der Waals surface area contributed by atoms with E-state index in [0.29, 0.717) is 153 Å². The maximum Gasteiger partial charge on any atom is 0.253 e. The number of amides is 6. The highest BCUT2D eigenvalue weighted by atomic mass is 32.2. The predicted octanol–water partition coefficient (Wildman–Crippen LogP) is 2.55. The minimum Gasteiger partial charge on any atom is -0.379 e. The number of anilines is 2. The molecular formula is C51H78N10O10S. The number of hydrogen-bond donors (Lipinski definition) is 6. The van der Waals surface area contributed by atoms with E-state index in [4.69, 9.17) is 35.4 Å². The number of piperazine rings is 1. The first kappa shape index (κ1) is 57.7. The Bertz CT molecular complexity index is 2030. The van der Waals surface area contributed by atoms with Gasteiger partial charge in [0.15, 0.2) is 0 Å². The Morgan fingerprint density at radius 3 is 1.97 bits per heavy atom. The summed E-state index contributed by atoms with van der Waals surface area (Å²) < 4.78 is 22.1. The Balaban J connectivity index is 0.812. The van der Waals surface area contributed by atoms with Crippen LogP contribution < -0.4 is 32.7 Å². The van der Waals surface area contributed by atoms with Crippen molar-refractivity contribution in [2.45, 2.75) is 87.5 Å². The van der Waals surface area contributed by atoms with Crippen molar-refractivity contribution in [3.8, 4) is 0 Å². The Kier molecular flexibility index (Phi) is 25.8. The molecule has 0 saturated carbocycles. The van der Waals surface area contributed by atoms with E-state index >= 15 is 0 Å². The number of likely N-dealkylation sites (tertiary alicyclic amines) is 1. The fourth-order valence-electron chi connectivity index (χ4n) is 8.74. The second-order valence-electron chi connectivity index (χ2n) is 18.1. The summed E-state index contributed by atoms with van der Waals surface area (Å²) in [4.78, 5) is 84.9.